The van der Waals surface area contributed by atoms with Gasteiger partial charge in [-0.1, -0.05) is 16.8 Å². The van der Waals surface area contributed by atoms with Crippen LogP contribution in [-0.2, 0) is 10.8 Å². The highest BCUT2D eigenvalue weighted by Crippen LogP contribution is 2.28. The normalized spacial score (nSPS) is 12.1. The largest absolute Gasteiger partial charge is 0.354 e. The van der Waals surface area contributed by atoms with Gasteiger partial charge in [-0.05, 0) is 24.3 Å². The monoisotopic (exact) mass is 266 g/mol. The van der Waals surface area contributed by atoms with Crippen LogP contribution >= 0.6 is 11.6 Å². The minimum Gasteiger partial charge on any atom is -0.354 e. The molecule has 2 rings (SSSR count). The molecule has 0 amide bonds. The Morgan fingerprint density at radius 3 is 2.59 bits per heavy atom. The van der Waals surface area contributed by atoms with Crippen LogP contribution in [0.5, 0.6) is 0 Å². The van der Waals surface area contributed by atoms with E-state index in [4.69, 9.17) is 21.4 Å². The van der Waals surface area contributed by atoms with Crippen molar-refractivity contribution in [3.63, 3.8) is 0 Å². The van der Waals surface area contributed by atoms with E-state index in [9.17, 15) is 4.21 Å². The van der Waals surface area contributed by atoms with E-state index < -0.39 is 10.8 Å². The molecule has 0 spiro atoms. The maximum Gasteiger partial charge on any atom is 0.188 e. The first kappa shape index (κ1) is 11.8. The second-order valence-corrected chi connectivity index (χ2v) is 5.00. The zero-order valence-corrected chi connectivity index (χ0v) is 10.4. The van der Waals surface area contributed by atoms with Gasteiger partial charge in [0.25, 0.3) is 0 Å². The molecule has 86 valence electrons. The van der Waals surface area contributed by atoms with E-state index in [0.717, 1.165) is 0 Å². The SMILES string of the molecule is C[S@](=O)c1noc(-c2ccc(Cl)cc2)c1C#N. The summed E-state index contributed by atoms with van der Waals surface area (Å²) in [7, 11) is -1.35. The molecule has 0 saturated carbocycles. The number of nitrogens with zero attached hydrogens (tertiary/aromatic N) is 2. The first-order valence-electron chi connectivity index (χ1n) is 4.62. The van der Waals surface area contributed by atoms with Gasteiger partial charge >= 0.3 is 0 Å². The van der Waals surface area contributed by atoms with E-state index in [1.165, 1.54) is 6.26 Å². The highest BCUT2D eigenvalue weighted by Gasteiger charge is 2.19. The molecular weight excluding hydrogens is 260 g/mol. The summed E-state index contributed by atoms with van der Waals surface area (Å²) >= 11 is 5.77. The van der Waals surface area contributed by atoms with Crippen LogP contribution in [0.3, 0.4) is 0 Å². The molecule has 1 aromatic heterocycles. The Morgan fingerprint density at radius 1 is 1.41 bits per heavy atom. The minimum atomic E-state index is -1.35. The molecule has 0 aliphatic rings. The van der Waals surface area contributed by atoms with Crippen molar-refractivity contribution in [3.05, 3.63) is 34.9 Å². The molecule has 17 heavy (non-hydrogen) atoms. The summed E-state index contributed by atoms with van der Waals surface area (Å²) in [5, 5.41) is 13.5. The van der Waals surface area contributed by atoms with Crippen molar-refractivity contribution in [1.82, 2.24) is 5.16 Å². The second kappa shape index (κ2) is 4.70. The van der Waals surface area contributed by atoms with Crippen molar-refractivity contribution >= 4 is 22.4 Å². The molecule has 0 aliphatic carbocycles. The number of aromatic nitrogens is 1. The Kier molecular flexibility index (Phi) is 3.27. The van der Waals surface area contributed by atoms with Gasteiger partial charge < -0.3 is 4.52 Å². The van der Waals surface area contributed by atoms with Gasteiger partial charge in [0.15, 0.2) is 10.8 Å². The summed E-state index contributed by atoms with van der Waals surface area (Å²) in [5.74, 6) is 0.314. The topological polar surface area (TPSA) is 66.9 Å². The molecule has 0 fully saturated rings. The maximum absolute atomic E-state index is 11.3. The summed E-state index contributed by atoms with van der Waals surface area (Å²) in [6.45, 7) is 0. The maximum atomic E-state index is 11.3. The Morgan fingerprint density at radius 2 is 2.06 bits per heavy atom. The lowest BCUT2D eigenvalue weighted by Crippen LogP contribution is -1.90. The van der Waals surface area contributed by atoms with Crippen LogP contribution in [-0.4, -0.2) is 15.6 Å². The first-order chi connectivity index (χ1) is 8.13. The Labute approximate surface area is 105 Å². The first-order valence-corrected chi connectivity index (χ1v) is 6.56. The molecule has 0 N–H and O–H groups in total. The van der Waals surface area contributed by atoms with E-state index in [2.05, 4.69) is 5.16 Å². The molecule has 4 nitrogen and oxygen atoms in total. The summed E-state index contributed by atoms with van der Waals surface area (Å²) in [6.07, 6.45) is 1.45. The van der Waals surface area contributed by atoms with Crippen LogP contribution in [0.4, 0.5) is 0 Å². The van der Waals surface area contributed by atoms with Gasteiger partial charge in [-0.15, -0.1) is 0 Å². The molecule has 1 heterocycles. The fraction of sp³-hybridized carbons (Fsp3) is 0.0909. The number of hydrogen-bond acceptors (Lipinski definition) is 4. The van der Waals surface area contributed by atoms with Crippen molar-refractivity contribution in [1.29, 1.82) is 5.26 Å². The van der Waals surface area contributed by atoms with Gasteiger partial charge in [-0.3, -0.25) is 4.21 Å². The van der Waals surface area contributed by atoms with E-state index in [1.807, 2.05) is 6.07 Å². The highest BCUT2D eigenvalue weighted by molar-refractivity contribution is 7.84. The smallest absolute Gasteiger partial charge is 0.188 e. The van der Waals surface area contributed by atoms with Crippen LogP contribution in [0.25, 0.3) is 11.3 Å². The molecule has 6 heteroatoms. The van der Waals surface area contributed by atoms with Crippen LogP contribution in [0.1, 0.15) is 5.56 Å². The molecule has 2 aromatic rings. The zero-order chi connectivity index (χ0) is 12.4. The third-order valence-electron chi connectivity index (χ3n) is 2.15. The summed E-state index contributed by atoms with van der Waals surface area (Å²) in [5.41, 5.74) is 0.878. The lowest BCUT2D eigenvalue weighted by atomic mass is 10.1. The lowest BCUT2D eigenvalue weighted by molar-refractivity contribution is 0.414. The van der Waals surface area contributed by atoms with Gasteiger partial charge in [0.1, 0.15) is 11.6 Å². The number of rotatable bonds is 2. The number of hydrogen-bond donors (Lipinski definition) is 0. The zero-order valence-electron chi connectivity index (χ0n) is 8.81. The fourth-order valence-corrected chi connectivity index (χ4v) is 2.06. The van der Waals surface area contributed by atoms with Crippen molar-refractivity contribution in [3.8, 4) is 17.4 Å². The van der Waals surface area contributed by atoms with E-state index in [-0.39, 0.29) is 10.6 Å². The molecule has 0 saturated heterocycles. The number of benzene rings is 1. The number of halogens is 1. The molecule has 0 unspecified atom stereocenters. The number of nitriles is 1. The van der Waals surface area contributed by atoms with E-state index in [1.54, 1.807) is 24.3 Å². The Hall–Kier alpha value is -1.64. The van der Waals surface area contributed by atoms with Crippen LogP contribution < -0.4 is 0 Å². The van der Waals surface area contributed by atoms with Gasteiger partial charge in [-0.2, -0.15) is 5.26 Å². The van der Waals surface area contributed by atoms with Crippen molar-refractivity contribution in [2.24, 2.45) is 0 Å². The van der Waals surface area contributed by atoms with Crippen molar-refractivity contribution < 1.29 is 8.73 Å². The predicted molar refractivity (Wildman–Crippen MR) is 64.0 cm³/mol. The van der Waals surface area contributed by atoms with E-state index in [0.29, 0.717) is 16.3 Å². The standard InChI is InChI=1S/C11H7ClN2O2S/c1-17(15)11-9(6-13)10(16-14-11)7-2-4-8(12)5-3-7/h2-5H,1H3/t17-/m0/s1. The predicted octanol–water partition coefficient (Wildman–Crippen LogP) is 2.60. The van der Waals surface area contributed by atoms with Gasteiger partial charge in [0.05, 0.1) is 10.8 Å². The third kappa shape index (κ3) is 2.23. The fourth-order valence-electron chi connectivity index (χ4n) is 1.37. The lowest BCUT2D eigenvalue weighted by Gasteiger charge is -1.96. The summed E-state index contributed by atoms with van der Waals surface area (Å²) in [4.78, 5) is 0. The molecule has 0 radical (unpaired) electrons. The second-order valence-electron chi connectivity index (χ2n) is 3.26. The molecular formula is C11H7ClN2O2S. The highest BCUT2D eigenvalue weighted by atomic mass is 35.5. The average Bonchev–Trinajstić information content (AvgIpc) is 2.73. The third-order valence-corrected chi connectivity index (χ3v) is 3.23. The van der Waals surface area contributed by atoms with Crippen LogP contribution in [0, 0.1) is 11.3 Å². The molecule has 1 aromatic carbocycles. The Balaban J connectivity index is 2.57. The Bertz CT molecular complexity index is 613. The molecule has 1 atom stereocenters. The summed E-state index contributed by atoms with van der Waals surface area (Å²) in [6, 6.07) is 8.75. The minimum absolute atomic E-state index is 0.164. The molecule has 0 bridgehead atoms. The molecule has 0 aliphatic heterocycles. The quantitative estimate of drug-likeness (QED) is 0.838. The van der Waals surface area contributed by atoms with E-state index >= 15 is 0 Å². The van der Waals surface area contributed by atoms with Gasteiger partial charge in [0, 0.05) is 16.8 Å². The van der Waals surface area contributed by atoms with Crippen molar-refractivity contribution in [2.75, 3.05) is 6.26 Å². The summed E-state index contributed by atoms with van der Waals surface area (Å²) < 4.78 is 16.4. The average molecular weight is 267 g/mol. The van der Waals surface area contributed by atoms with Crippen LogP contribution in [0.2, 0.25) is 5.02 Å². The van der Waals surface area contributed by atoms with Gasteiger partial charge in [0.2, 0.25) is 0 Å². The van der Waals surface area contributed by atoms with Crippen LogP contribution in [0.15, 0.2) is 33.8 Å². The van der Waals surface area contributed by atoms with Gasteiger partial charge in [-0.25, -0.2) is 0 Å². The van der Waals surface area contributed by atoms with Crippen molar-refractivity contribution in [2.45, 2.75) is 5.03 Å².